The van der Waals surface area contributed by atoms with Crippen LogP contribution in [0.25, 0.3) is 0 Å². The Kier molecular flexibility index (Phi) is 5.62. The Balaban J connectivity index is 1.60. The van der Waals surface area contributed by atoms with E-state index in [9.17, 15) is 14.0 Å². The fourth-order valence-corrected chi connectivity index (χ4v) is 4.05. The second kappa shape index (κ2) is 8.32. The van der Waals surface area contributed by atoms with Crippen LogP contribution in [0.15, 0.2) is 24.3 Å². The second-order valence-corrected chi connectivity index (χ2v) is 7.50. The summed E-state index contributed by atoms with van der Waals surface area (Å²) < 4.78 is 15.8. The largest absolute Gasteiger partial charge is 0.335 e. The average molecular weight is 399 g/mol. The van der Waals surface area contributed by atoms with Gasteiger partial charge in [-0.05, 0) is 37.9 Å². The summed E-state index contributed by atoms with van der Waals surface area (Å²) in [6, 6.07) is 6.02. The molecule has 0 aliphatic carbocycles. The number of amides is 2. The lowest BCUT2D eigenvalue weighted by atomic mass is 10.1. The molecule has 2 aliphatic rings. The van der Waals surface area contributed by atoms with Crippen LogP contribution in [0.4, 0.5) is 10.1 Å². The van der Waals surface area contributed by atoms with Crippen molar-refractivity contribution >= 4 is 17.5 Å². The highest BCUT2D eigenvalue weighted by molar-refractivity contribution is 6.03. The highest BCUT2D eigenvalue weighted by Crippen LogP contribution is 2.24. The maximum absolute atomic E-state index is 13.9. The molecule has 1 aromatic carbocycles. The maximum Gasteiger partial charge on any atom is 0.291 e. The van der Waals surface area contributed by atoms with E-state index in [-0.39, 0.29) is 17.4 Å². The van der Waals surface area contributed by atoms with Gasteiger partial charge in [0.25, 0.3) is 11.8 Å². The van der Waals surface area contributed by atoms with Gasteiger partial charge in [-0.2, -0.15) is 0 Å². The highest BCUT2D eigenvalue weighted by Gasteiger charge is 2.31. The van der Waals surface area contributed by atoms with Crippen molar-refractivity contribution < 1.29 is 14.0 Å². The van der Waals surface area contributed by atoms with Crippen LogP contribution in [-0.4, -0.2) is 63.9 Å². The van der Waals surface area contributed by atoms with Gasteiger partial charge in [-0.15, -0.1) is 0 Å². The van der Waals surface area contributed by atoms with Crippen molar-refractivity contribution in [2.45, 2.75) is 32.7 Å². The lowest BCUT2D eigenvalue weighted by Crippen LogP contribution is -2.48. The number of likely N-dealkylation sites (N-methyl/N-ethyl adjacent to an activating group) is 1. The Labute approximate surface area is 169 Å². The van der Waals surface area contributed by atoms with Gasteiger partial charge in [0.15, 0.2) is 5.82 Å². The Morgan fingerprint density at radius 3 is 2.59 bits per heavy atom. The van der Waals surface area contributed by atoms with E-state index in [1.165, 1.54) is 12.1 Å². The zero-order chi connectivity index (χ0) is 20.4. The number of imidazole rings is 1. The second-order valence-electron chi connectivity index (χ2n) is 7.50. The molecule has 7 nitrogen and oxygen atoms in total. The quantitative estimate of drug-likeness (QED) is 0.857. The molecular formula is C21H26FN5O2. The topological polar surface area (TPSA) is 70.5 Å². The fourth-order valence-electron chi connectivity index (χ4n) is 4.05. The first-order chi connectivity index (χ1) is 14.1. The highest BCUT2D eigenvalue weighted by atomic mass is 19.1. The van der Waals surface area contributed by atoms with E-state index in [0.717, 1.165) is 44.6 Å². The average Bonchev–Trinajstić information content (AvgIpc) is 3.15. The van der Waals surface area contributed by atoms with Crippen LogP contribution in [0.3, 0.4) is 0 Å². The summed E-state index contributed by atoms with van der Waals surface area (Å²) in [5.41, 5.74) is 1.29. The first-order valence-electron chi connectivity index (χ1n) is 10.3. The molecule has 2 aromatic rings. The predicted octanol–water partition coefficient (Wildman–Crippen LogP) is 2.39. The first-order valence-corrected chi connectivity index (χ1v) is 10.3. The van der Waals surface area contributed by atoms with Gasteiger partial charge in [0.2, 0.25) is 0 Å². The number of nitrogens with one attached hydrogen (secondary N) is 1. The fraction of sp³-hybridized carbons (Fsp3) is 0.476. The van der Waals surface area contributed by atoms with Gasteiger partial charge < -0.3 is 19.7 Å². The van der Waals surface area contributed by atoms with Crippen molar-refractivity contribution in [3.8, 4) is 0 Å². The number of piperazine rings is 1. The van der Waals surface area contributed by atoms with Gasteiger partial charge in [0.05, 0.1) is 11.4 Å². The molecule has 3 heterocycles. The summed E-state index contributed by atoms with van der Waals surface area (Å²) in [4.78, 5) is 34.6. The summed E-state index contributed by atoms with van der Waals surface area (Å²) in [5, 5.41) is 2.59. The van der Waals surface area contributed by atoms with Gasteiger partial charge in [-0.25, -0.2) is 9.37 Å². The number of para-hydroxylation sites is 1. The summed E-state index contributed by atoms with van der Waals surface area (Å²) in [7, 11) is 0. The molecular weight excluding hydrogens is 373 g/mol. The molecule has 0 saturated carbocycles. The molecule has 4 rings (SSSR count). The molecule has 0 unspecified atom stereocenters. The molecule has 2 aliphatic heterocycles. The first kappa shape index (κ1) is 19.6. The molecule has 0 radical (unpaired) electrons. The molecule has 2 amide bonds. The van der Waals surface area contributed by atoms with Crippen LogP contribution in [0.1, 0.15) is 46.6 Å². The maximum atomic E-state index is 13.9. The van der Waals surface area contributed by atoms with Crippen LogP contribution in [0.5, 0.6) is 0 Å². The van der Waals surface area contributed by atoms with Crippen LogP contribution < -0.4 is 5.32 Å². The van der Waals surface area contributed by atoms with E-state index >= 15 is 0 Å². The summed E-state index contributed by atoms with van der Waals surface area (Å²) >= 11 is 0. The molecule has 1 aromatic heterocycles. The number of hydrogen-bond donors (Lipinski definition) is 1. The van der Waals surface area contributed by atoms with E-state index in [4.69, 9.17) is 0 Å². The molecule has 1 saturated heterocycles. The number of carbonyl (C=O) groups is 2. The minimum atomic E-state index is -0.503. The number of halogens is 1. The van der Waals surface area contributed by atoms with Crippen LogP contribution in [0.2, 0.25) is 0 Å². The Morgan fingerprint density at radius 2 is 1.86 bits per heavy atom. The number of rotatable bonds is 4. The zero-order valence-corrected chi connectivity index (χ0v) is 16.7. The van der Waals surface area contributed by atoms with Gasteiger partial charge in [0, 0.05) is 32.7 Å². The molecule has 0 bridgehead atoms. The number of nitrogens with zero attached hydrogens (tertiary/aromatic N) is 4. The molecule has 8 heteroatoms. The SMILES string of the molecule is CCN1CCN(C(=O)c2nc(C(=O)Nc3ccccc3F)n3c2CCCC3)CC1. The number of hydrogen-bond acceptors (Lipinski definition) is 4. The van der Waals surface area contributed by atoms with Gasteiger partial charge >= 0.3 is 0 Å². The zero-order valence-electron chi connectivity index (χ0n) is 16.7. The van der Waals surface area contributed by atoms with Crippen LogP contribution in [0, 0.1) is 5.82 Å². The van der Waals surface area contributed by atoms with E-state index < -0.39 is 11.7 Å². The summed E-state index contributed by atoms with van der Waals surface area (Å²) in [6.07, 6.45) is 2.60. The van der Waals surface area contributed by atoms with E-state index in [2.05, 4.69) is 22.1 Å². The van der Waals surface area contributed by atoms with Crippen LogP contribution >= 0.6 is 0 Å². The van der Waals surface area contributed by atoms with E-state index in [1.807, 2.05) is 9.47 Å². The van der Waals surface area contributed by atoms with E-state index in [1.54, 1.807) is 12.1 Å². The Bertz CT molecular complexity index is 918. The Hall–Kier alpha value is -2.74. The van der Waals surface area contributed by atoms with Crippen molar-refractivity contribution in [3.05, 3.63) is 47.3 Å². The van der Waals surface area contributed by atoms with Crippen molar-refractivity contribution in [2.75, 3.05) is 38.0 Å². The van der Waals surface area contributed by atoms with Crippen LogP contribution in [-0.2, 0) is 13.0 Å². The smallest absolute Gasteiger partial charge is 0.291 e. The third-order valence-corrected chi connectivity index (χ3v) is 5.75. The summed E-state index contributed by atoms with van der Waals surface area (Å²) in [5.74, 6) is -0.931. The van der Waals surface area contributed by atoms with Crippen molar-refractivity contribution in [1.29, 1.82) is 0 Å². The molecule has 1 fully saturated rings. The number of carbonyl (C=O) groups excluding carboxylic acids is 2. The standard InChI is InChI=1S/C21H26FN5O2/c1-2-25-11-13-26(14-12-25)21(29)18-17-9-5-6-10-27(17)19(24-18)20(28)23-16-8-4-3-7-15(16)22/h3-4,7-8H,2,5-6,9-14H2,1H3,(H,23,28). The predicted molar refractivity (Wildman–Crippen MR) is 108 cm³/mol. The van der Waals surface area contributed by atoms with Gasteiger partial charge in [-0.3, -0.25) is 9.59 Å². The molecule has 1 N–H and O–H groups in total. The third-order valence-electron chi connectivity index (χ3n) is 5.75. The van der Waals surface area contributed by atoms with Gasteiger partial charge in [-0.1, -0.05) is 19.1 Å². The normalized spacial score (nSPS) is 17.1. The molecule has 0 atom stereocenters. The van der Waals surface area contributed by atoms with Crippen molar-refractivity contribution in [1.82, 2.24) is 19.4 Å². The molecule has 0 spiro atoms. The lowest BCUT2D eigenvalue weighted by Gasteiger charge is -2.33. The third kappa shape index (κ3) is 3.89. The minimum absolute atomic E-state index is 0.106. The van der Waals surface area contributed by atoms with Crippen molar-refractivity contribution in [2.24, 2.45) is 0 Å². The Morgan fingerprint density at radius 1 is 1.10 bits per heavy atom. The van der Waals surface area contributed by atoms with Crippen molar-refractivity contribution in [3.63, 3.8) is 0 Å². The number of aromatic nitrogens is 2. The summed E-state index contributed by atoms with van der Waals surface area (Å²) in [6.45, 7) is 6.74. The number of benzene rings is 1. The van der Waals surface area contributed by atoms with E-state index in [0.29, 0.717) is 25.3 Å². The molecule has 29 heavy (non-hydrogen) atoms. The minimum Gasteiger partial charge on any atom is -0.335 e. The number of fused-ring (bicyclic) bond motifs is 1. The monoisotopic (exact) mass is 399 g/mol. The number of anilines is 1. The lowest BCUT2D eigenvalue weighted by molar-refractivity contribution is 0.0636. The molecule has 154 valence electrons. The van der Waals surface area contributed by atoms with Gasteiger partial charge in [0.1, 0.15) is 11.5 Å².